The van der Waals surface area contributed by atoms with Crippen molar-refractivity contribution < 1.29 is 14.3 Å². The lowest BCUT2D eigenvalue weighted by molar-refractivity contribution is -0.135. The third kappa shape index (κ3) is 3.36. The van der Waals surface area contributed by atoms with Crippen LogP contribution in [-0.2, 0) is 14.3 Å². The van der Waals surface area contributed by atoms with E-state index in [1.54, 1.807) is 30.5 Å². The summed E-state index contributed by atoms with van der Waals surface area (Å²) in [5.41, 5.74) is 0.665. The highest BCUT2D eigenvalue weighted by Gasteiger charge is 2.35. The van der Waals surface area contributed by atoms with Gasteiger partial charge in [-0.15, -0.1) is 0 Å². The molecule has 2 heterocycles. The van der Waals surface area contributed by atoms with E-state index >= 15 is 0 Å². The summed E-state index contributed by atoms with van der Waals surface area (Å²) >= 11 is 1.11. The molecule has 1 amide bonds. The summed E-state index contributed by atoms with van der Waals surface area (Å²) in [5, 5.41) is 0.431. The number of thioether (sulfide) groups is 1. The predicted molar refractivity (Wildman–Crippen MR) is 93.0 cm³/mol. The molecule has 0 atom stereocenters. The van der Waals surface area contributed by atoms with Crippen LogP contribution in [0.3, 0.4) is 0 Å². The standard InChI is InChI=1S/C17H13N3O3S/c1-23-15(21)11-13-16(22)20(12-7-3-2-4-8-12)17(24-13)19-14-9-5-6-10-18-14/h2-11H,1H3. The van der Waals surface area contributed by atoms with E-state index < -0.39 is 5.97 Å². The zero-order valence-corrected chi connectivity index (χ0v) is 13.6. The number of amides is 1. The molecule has 120 valence electrons. The van der Waals surface area contributed by atoms with Crippen LogP contribution in [0.15, 0.2) is 70.7 Å². The first-order valence-electron chi connectivity index (χ1n) is 7.06. The number of rotatable bonds is 3. The number of hydrogen-bond acceptors (Lipinski definition) is 6. The van der Waals surface area contributed by atoms with Crippen LogP contribution in [0.2, 0.25) is 0 Å². The molecule has 0 bridgehead atoms. The smallest absolute Gasteiger partial charge is 0.331 e. The third-order valence-electron chi connectivity index (χ3n) is 3.13. The fourth-order valence-corrected chi connectivity index (χ4v) is 2.99. The van der Waals surface area contributed by atoms with Gasteiger partial charge >= 0.3 is 5.97 Å². The number of carbonyl (C=O) groups excluding carboxylic acids is 2. The lowest BCUT2D eigenvalue weighted by Gasteiger charge is -2.15. The van der Waals surface area contributed by atoms with Crippen molar-refractivity contribution in [1.82, 2.24) is 4.98 Å². The van der Waals surface area contributed by atoms with Crippen LogP contribution in [0.4, 0.5) is 11.5 Å². The molecule has 3 rings (SSSR count). The molecule has 1 aromatic carbocycles. The van der Waals surface area contributed by atoms with Crippen LogP contribution in [0, 0.1) is 0 Å². The average Bonchev–Trinajstić information content (AvgIpc) is 2.91. The largest absolute Gasteiger partial charge is 0.466 e. The molecule has 0 spiro atoms. The van der Waals surface area contributed by atoms with Crippen molar-refractivity contribution in [2.45, 2.75) is 0 Å². The van der Waals surface area contributed by atoms with Gasteiger partial charge in [0.05, 0.1) is 17.7 Å². The fourth-order valence-electron chi connectivity index (χ4n) is 2.04. The van der Waals surface area contributed by atoms with E-state index in [0.29, 0.717) is 16.7 Å². The minimum absolute atomic E-state index is 0.250. The second-order valence-electron chi connectivity index (χ2n) is 4.69. The van der Waals surface area contributed by atoms with Crippen molar-refractivity contribution in [3.8, 4) is 0 Å². The van der Waals surface area contributed by atoms with Gasteiger partial charge in [0.1, 0.15) is 0 Å². The molecule has 1 aliphatic heterocycles. The van der Waals surface area contributed by atoms with Gasteiger partial charge in [-0.1, -0.05) is 24.3 Å². The molecule has 2 aromatic rings. The summed E-state index contributed by atoms with van der Waals surface area (Å²) in [6.45, 7) is 0. The monoisotopic (exact) mass is 339 g/mol. The van der Waals surface area contributed by atoms with Gasteiger partial charge in [-0.25, -0.2) is 14.8 Å². The summed E-state index contributed by atoms with van der Waals surface area (Å²) in [5.74, 6) is -0.433. The fraction of sp³-hybridized carbons (Fsp3) is 0.0588. The summed E-state index contributed by atoms with van der Waals surface area (Å²) in [6.07, 6.45) is 2.79. The van der Waals surface area contributed by atoms with E-state index in [4.69, 9.17) is 0 Å². The van der Waals surface area contributed by atoms with E-state index in [1.807, 2.05) is 24.3 Å². The zero-order chi connectivity index (χ0) is 16.9. The van der Waals surface area contributed by atoms with Gasteiger partial charge in [0.25, 0.3) is 5.91 Å². The Hall–Kier alpha value is -2.93. The van der Waals surface area contributed by atoms with Gasteiger partial charge in [0.15, 0.2) is 11.0 Å². The van der Waals surface area contributed by atoms with Gasteiger partial charge in [-0.2, -0.15) is 0 Å². The molecular formula is C17H13N3O3S. The van der Waals surface area contributed by atoms with Gasteiger partial charge in [-0.05, 0) is 36.0 Å². The Labute approximate surface area is 142 Å². The molecule has 24 heavy (non-hydrogen) atoms. The van der Waals surface area contributed by atoms with E-state index in [9.17, 15) is 9.59 Å². The lowest BCUT2D eigenvalue weighted by Crippen LogP contribution is -2.28. The van der Waals surface area contributed by atoms with Gasteiger partial charge in [0, 0.05) is 12.3 Å². The maximum Gasteiger partial charge on any atom is 0.331 e. The van der Waals surface area contributed by atoms with Gasteiger partial charge < -0.3 is 4.74 Å². The number of hydrogen-bond donors (Lipinski definition) is 0. The molecule has 0 radical (unpaired) electrons. The second-order valence-corrected chi connectivity index (χ2v) is 5.70. The van der Waals surface area contributed by atoms with E-state index in [1.165, 1.54) is 18.1 Å². The van der Waals surface area contributed by atoms with E-state index in [-0.39, 0.29) is 10.8 Å². The first kappa shape index (κ1) is 15.9. The number of esters is 1. The number of para-hydroxylation sites is 1. The quantitative estimate of drug-likeness (QED) is 0.635. The molecule has 6 nitrogen and oxygen atoms in total. The molecule has 1 fully saturated rings. The highest BCUT2D eigenvalue weighted by molar-refractivity contribution is 8.19. The third-order valence-corrected chi connectivity index (χ3v) is 4.10. The number of ether oxygens (including phenoxy) is 1. The number of methoxy groups -OCH3 is 1. The van der Waals surface area contributed by atoms with Crippen molar-refractivity contribution in [1.29, 1.82) is 0 Å². The second kappa shape index (κ2) is 7.10. The van der Waals surface area contributed by atoms with Gasteiger partial charge in [0.2, 0.25) is 0 Å². The van der Waals surface area contributed by atoms with Crippen LogP contribution in [-0.4, -0.2) is 29.1 Å². The number of nitrogens with zero attached hydrogens (tertiary/aromatic N) is 3. The number of pyridine rings is 1. The van der Waals surface area contributed by atoms with E-state index in [0.717, 1.165) is 11.8 Å². The van der Waals surface area contributed by atoms with Gasteiger partial charge in [-0.3, -0.25) is 9.69 Å². The first-order valence-corrected chi connectivity index (χ1v) is 7.87. The molecule has 1 saturated heterocycles. The molecule has 0 unspecified atom stereocenters. The lowest BCUT2D eigenvalue weighted by atomic mass is 10.3. The number of amidine groups is 1. The Bertz CT molecular complexity index is 819. The molecule has 1 aromatic heterocycles. The summed E-state index contributed by atoms with van der Waals surface area (Å²) < 4.78 is 4.60. The van der Waals surface area contributed by atoms with Crippen LogP contribution >= 0.6 is 11.8 Å². The minimum atomic E-state index is -0.585. The summed E-state index contributed by atoms with van der Waals surface area (Å²) in [6, 6.07) is 14.4. The number of anilines is 1. The minimum Gasteiger partial charge on any atom is -0.466 e. The summed E-state index contributed by atoms with van der Waals surface area (Å²) in [7, 11) is 1.27. The molecule has 1 aliphatic rings. The topological polar surface area (TPSA) is 71.9 Å². The van der Waals surface area contributed by atoms with Crippen molar-refractivity contribution in [2.24, 2.45) is 4.99 Å². The number of aromatic nitrogens is 1. The number of aliphatic imine (C=N–C) groups is 1. The van der Waals surface area contributed by atoms with Crippen LogP contribution in [0.25, 0.3) is 0 Å². The molecule has 0 aliphatic carbocycles. The van der Waals surface area contributed by atoms with Crippen molar-refractivity contribution in [3.05, 3.63) is 65.7 Å². The maximum atomic E-state index is 12.7. The highest BCUT2D eigenvalue weighted by atomic mass is 32.2. The molecule has 0 saturated carbocycles. The Morgan fingerprint density at radius 2 is 1.96 bits per heavy atom. The van der Waals surface area contributed by atoms with Crippen molar-refractivity contribution in [2.75, 3.05) is 12.0 Å². The number of benzene rings is 1. The highest BCUT2D eigenvalue weighted by Crippen LogP contribution is 2.35. The number of carbonyl (C=O) groups is 2. The maximum absolute atomic E-state index is 12.7. The van der Waals surface area contributed by atoms with Crippen LogP contribution < -0.4 is 4.90 Å². The predicted octanol–water partition coefficient (Wildman–Crippen LogP) is 2.91. The van der Waals surface area contributed by atoms with Crippen LogP contribution in [0.5, 0.6) is 0 Å². The normalized spacial score (nSPS) is 17.5. The molecule has 7 heteroatoms. The average molecular weight is 339 g/mol. The Balaban J connectivity index is 2.04. The summed E-state index contributed by atoms with van der Waals surface area (Å²) in [4.78, 5) is 34.5. The molecular weight excluding hydrogens is 326 g/mol. The SMILES string of the molecule is COC(=O)C=C1SC(=Nc2ccccn2)N(c2ccccc2)C1=O. The Morgan fingerprint density at radius 3 is 2.62 bits per heavy atom. The Kier molecular flexibility index (Phi) is 4.72. The zero-order valence-electron chi connectivity index (χ0n) is 12.7. The van der Waals surface area contributed by atoms with E-state index in [2.05, 4.69) is 14.7 Å². The van der Waals surface area contributed by atoms with Crippen molar-refractivity contribution >= 4 is 40.3 Å². The Morgan fingerprint density at radius 1 is 1.21 bits per heavy atom. The van der Waals surface area contributed by atoms with Crippen LogP contribution in [0.1, 0.15) is 0 Å². The molecule has 0 N–H and O–H groups in total. The van der Waals surface area contributed by atoms with Crippen molar-refractivity contribution in [3.63, 3.8) is 0 Å². The first-order chi connectivity index (χ1) is 11.7.